The molecule has 6 heteroatoms. The van der Waals surface area contributed by atoms with E-state index in [2.05, 4.69) is 10.3 Å². The van der Waals surface area contributed by atoms with Gasteiger partial charge in [0.2, 0.25) is 0 Å². The summed E-state index contributed by atoms with van der Waals surface area (Å²) < 4.78 is 4.77. The summed E-state index contributed by atoms with van der Waals surface area (Å²) in [6.07, 6.45) is 0. The van der Waals surface area contributed by atoms with Gasteiger partial charge in [-0.1, -0.05) is 64.4 Å². The first-order chi connectivity index (χ1) is 12.6. The van der Waals surface area contributed by atoms with E-state index in [9.17, 15) is 4.79 Å². The highest BCUT2D eigenvalue weighted by Crippen LogP contribution is 2.14. The standard InChI is InChI=1S/C20H22N2O4/c1-14-8-7-10-16(12-14)15(2)21-26-13-17-9-5-6-11-18(17)19(22-25-4)20(23)24-3/h5-12H,13H2,1-4H3/b21-15+,22-19+. The normalized spacial score (nSPS) is 11.8. The fraction of sp³-hybridized carbons (Fsp3) is 0.250. The highest BCUT2D eigenvalue weighted by atomic mass is 16.6. The van der Waals surface area contributed by atoms with E-state index in [4.69, 9.17) is 14.4 Å². The Hall–Kier alpha value is -3.15. The Bertz CT molecular complexity index is 828. The average molecular weight is 354 g/mol. The molecule has 0 radical (unpaired) electrons. The molecule has 0 aliphatic heterocycles. The molecule has 2 rings (SSSR count). The van der Waals surface area contributed by atoms with Crippen molar-refractivity contribution in [2.24, 2.45) is 10.3 Å². The summed E-state index contributed by atoms with van der Waals surface area (Å²) in [5.74, 6) is -0.584. The van der Waals surface area contributed by atoms with Crippen LogP contribution in [0.3, 0.4) is 0 Å². The molecule has 2 aromatic rings. The molecule has 0 N–H and O–H groups in total. The Labute approximate surface area is 153 Å². The Kier molecular flexibility index (Phi) is 6.91. The minimum absolute atomic E-state index is 0.0774. The van der Waals surface area contributed by atoms with Crippen molar-refractivity contribution in [3.63, 3.8) is 0 Å². The van der Waals surface area contributed by atoms with E-state index in [1.807, 2.05) is 50.2 Å². The smallest absolute Gasteiger partial charge is 0.360 e. The lowest BCUT2D eigenvalue weighted by Crippen LogP contribution is -2.19. The van der Waals surface area contributed by atoms with E-state index >= 15 is 0 Å². The first-order valence-electron chi connectivity index (χ1n) is 8.08. The summed E-state index contributed by atoms with van der Waals surface area (Å²) in [5, 5.41) is 7.95. The molecule has 6 nitrogen and oxygen atoms in total. The van der Waals surface area contributed by atoms with Crippen LogP contribution < -0.4 is 0 Å². The van der Waals surface area contributed by atoms with Gasteiger partial charge in [-0.2, -0.15) is 0 Å². The van der Waals surface area contributed by atoms with Gasteiger partial charge < -0.3 is 14.4 Å². The number of methoxy groups -OCH3 is 1. The van der Waals surface area contributed by atoms with Gasteiger partial charge in [0, 0.05) is 11.1 Å². The van der Waals surface area contributed by atoms with Crippen LogP contribution in [0.4, 0.5) is 0 Å². The number of aryl methyl sites for hydroxylation is 1. The Morgan fingerprint density at radius 1 is 1.04 bits per heavy atom. The number of carbonyl (C=O) groups is 1. The first kappa shape index (κ1) is 19.2. The number of esters is 1. The molecule has 0 saturated carbocycles. The molecule has 2 aromatic carbocycles. The lowest BCUT2D eigenvalue weighted by Gasteiger charge is -2.10. The maximum Gasteiger partial charge on any atom is 0.360 e. The molecule has 0 aromatic heterocycles. The van der Waals surface area contributed by atoms with Gasteiger partial charge in [-0.3, -0.25) is 0 Å². The molecular formula is C20H22N2O4. The topological polar surface area (TPSA) is 69.5 Å². The predicted molar refractivity (Wildman–Crippen MR) is 100 cm³/mol. The van der Waals surface area contributed by atoms with Gasteiger partial charge in [-0.05, 0) is 19.4 Å². The van der Waals surface area contributed by atoms with Crippen LogP contribution in [0.15, 0.2) is 58.8 Å². The van der Waals surface area contributed by atoms with Crippen LogP contribution in [-0.4, -0.2) is 31.6 Å². The summed E-state index contributed by atoms with van der Waals surface area (Å²) in [7, 11) is 2.67. The van der Waals surface area contributed by atoms with E-state index in [0.29, 0.717) is 5.56 Å². The number of nitrogens with zero attached hydrogens (tertiary/aromatic N) is 2. The molecule has 0 amide bonds. The third-order valence-electron chi connectivity index (χ3n) is 3.69. The predicted octanol–water partition coefficient (Wildman–Crippen LogP) is 3.46. The van der Waals surface area contributed by atoms with E-state index < -0.39 is 5.97 Å². The second-order valence-corrected chi connectivity index (χ2v) is 5.59. The van der Waals surface area contributed by atoms with Gasteiger partial charge in [0.05, 0.1) is 12.8 Å². The van der Waals surface area contributed by atoms with Crippen molar-refractivity contribution in [3.8, 4) is 0 Å². The monoisotopic (exact) mass is 354 g/mol. The van der Waals surface area contributed by atoms with Crippen LogP contribution in [0, 0.1) is 6.92 Å². The van der Waals surface area contributed by atoms with E-state index in [-0.39, 0.29) is 12.3 Å². The van der Waals surface area contributed by atoms with Crippen LogP contribution in [0.25, 0.3) is 0 Å². The van der Waals surface area contributed by atoms with Crippen molar-refractivity contribution < 1.29 is 19.2 Å². The fourth-order valence-electron chi connectivity index (χ4n) is 2.38. The molecule has 0 bridgehead atoms. The summed E-state index contributed by atoms with van der Waals surface area (Å²) in [4.78, 5) is 22.2. The zero-order valence-electron chi connectivity index (χ0n) is 15.4. The number of rotatable bonds is 7. The van der Waals surface area contributed by atoms with Crippen molar-refractivity contribution in [2.45, 2.75) is 20.5 Å². The molecule has 0 aliphatic rings. The van der Waals surface area contributed by atoms with Crippen LogP contribution in [0.1, 0.15) is 29.2 Å². The highest BCUT2D eigenvalue weighted by molar-refractivity contribution is 6.43. The molecule has 0 unspecified atom stereocenters. The first-order valence-corrected chi connectivity index (χ1v) is 8.08. The molecule has 0 fully saturated rings. The number of carbonyl (C=O) groups excluding carboxylic acids is 1. The minimum atomic E-state index is -0.584. The van der Waals surface area contributed by atoms with Gasteiger partial charge in [-0.15, -0.1) is 0 Å². The molecule has 26 heavy (non-hydrogen) atoms. The summed E-state index contributed by atoms with van der Waals surface area (Å²) >= 11 is 0. The summed E-state index contributed by atoms with van der Waals surface area (Å²) in [6.45, 7) is 4.09. The fourth-order valence-corrected chi connectivity index (χ4v) is 2.38. The Morgan fingerprint density at radius 3 is 2.50 bits per heavy atom. The van der Waals surface area contributed by atoms with Crippen molar-refractivity contribution in [1.29, 1.82) is 0 Å². The Balaban J connectivity index is 2.19. The maximum absolute atomic E-state index is 12.0. The van der Waals surface area contributed by atoms with Gasteiger partial charge >= 0.3 is 5.97 Å². The molecule has 136 valence electrons. The number of oxime groups is 2. The van der Waals surface area contributed by atoms with Crippen molar-refractivity contribution in [3.05, 3.63) is 70.8 Å². The van der Waals surface area contributed by atoms with Crippen LogP contribution in [-0.2, 0) is 25.8 Å². The molecule has 0 heterocycles. The van der Waals surface area contributed by atoms with E-state index in [1.54, 1.807) is 12.1 Å². The minimum Gasteiger partial charge on any atom is -0.464 e. The van der Waals surface area contributed by atoms with Crippen LogP contribution in [0.5, 0.6) is 0 Å². The number of hydrogen-bond acceptors (Lipinski definition) is 6. The maximum atomic E-state index is 12.0. The van der Waals surface area contributed by atoms with Gasteiger partial charge in [-0.25, -0.2) is 4.79 Å². The zero-order valence-corrected chi connectivity index (χ0v) is 15.4. The lowest BCUT2D eigenvalue weighted by atomic mass is 10.0. The van der Waals surface area contributed by atoms with E-state index in [0.717, 1.165) is 22.4 Å². The van der Waals surface area contributed by atoms with Crippen molar-refractivity contribution >= 4 is 17.4 Å². The molecule has 0 spiro atoms. The van der Waals surface area contributed by atoms with Crippen LogP contribution in [0.2, 0.25) is 0 Å². The lowest BCUT2D eigenvalue weighted by molar-refractivity contribution is -0.132. The SMILES string of the molecule is CO/N=C(/C(=O)OC)c1ccccc1CO/N=C(\C)c1cccc(C)c1. The highest BCUT2D eigenvalue weighted by Gasteiger charge is 2.19. The summed E-state index contributed by atoms with van der Waals surface area (Å²) in [6, 6.07) is 15.3. The van der Waals surface area contributed by atoms with Crippen LogP contribution >= 0.6 is 0 Å². The molecular weight excluding hydrogens is 332 g/mol. The summed E-state index contributed by atoms with van der Waals surface area (Å²) in [5.41, 5.74) is 4.31. The zero-order chi connectivity index (χ0) is 18.9. The third kappa shape index (κ3) is 4.92. The molecule has 0 atom stereocenters. The Morgan fingerprint density at radius 2 is 1.81 bits per heavy atom. The van der Waals surface area contributed by atoms with Gasteiger partial charge in [0.1, 0.15) is 13.7 Å². The molecule has 0 saturated heterocycles. The quantitative estimate of drug-likeness (QED) is 0.434. The molecule has 0 aliphatic carbocycles. The van der Waals surface area contributed by atoms with Gasteiger partial charge in [0.25, 0.3) is 0 Å². The number of benzene rings is 2. The number of hydrogen-bond donors (Lipinski definition) is 0. The van der Waals surface area contributed by atoms with E-state index in [1.165, 1.54) is 14.2 Å². The number of ether oxygens (including phenoxy) is 1. The average Bonchev–Trinajstić information content (AvgIpc) is 2.66. The third-order valence-corrected chi connectivity index (χ3v) is 3.69. The second kappa shape index (κ2) is 9.36. The largest absolute Gasteiger partial charge is 0.464 e. The van der Waals surface area contributed by atoms with Crippen molar-refractivity contribution in [1.82, 2.24) is 0 Å². The second-order valence-electron chi connectivity index (χ2n) is 5.59. The van der Waals surface area contributed by atoms with Crippen molar-refractivity contribution in [2.75, 3.05) is 14.2 Å². The van der Waals surface area contributed by atoms with Gasteiger partial charge in [0.15, 0.2) is 5.71 Å².